The lowest BCUT2D eigenvalue weighted by molar-refractivity contribution is 0.179. The molecule has 130 valence electrons. The number of hydrogen-bond donors (Lipinski definition) is 3. The molecule has 0 spiro atoms. The van der Waals surface area contributed by atoms with Crippen molar-refractivity contribution in [3.05, 3.63) is 35.9 Å². The maximum atomic E-state index is 5.14. The highest BCUT2D eigenvalue weighted by molar-refractivity contribution is 5.80. The summed E-state index contributed by atoms with van der Waals surface area (Å²) in [6, 6.07) is 11.0. The first-order valence-corrected chi connectivity index (χ1v) is 8.16. The van der Waals surface area contributed by atoms with Gasteiger partial charge in [0, 0.05) is 38.3 Å². The van der Waals surface area contributed by atoms with E-state index in [2.05, 4.69) is 72.9 Å². The van der Waals surface area contributed by atoms with Gasteiger partial charge in [-0.25, -0.2) is 0 Å². The van der Waals surface area contributed by atoms with Crippen molar-refractivity contribution >= 4 is 5.96 Å². The Morgan fingerprint density at radius 1 is 1.22 bits per heavy atom. The summed E-state index contributed by atoms with van der Waals surface area (Å²) in [4.78, 5) is 4.26. The third kappa shape index (κ3) is 7.48. The Kier molecular flexibility index (Phi) is 8.06. The van der Waals surface area contributed by atoms with Crippen LogP contribution in [0.2, 0.25) is 0 Å². The molecule has 0 aromatic heterocycles. The molecule has 0 saturated heterocycles. The summed E-state index contributed by atoms with van der Waals surface area (Å²) in [5.41, 5.74) is 1.22. The fourth-order valence-electron chi connectivity index (χ4n) is 2.49. The summed E-state index contributed by atoms with van der Waals surface area (Å²) in [7, 11) is 3.48. The van der Waals surface area contributed by atoms with E-state index in [1.807, 2.05) is 6.07 Å². The van der Waals surface area contributed by atoms with Gasteiger partial charge in [-0.3, -0.25) is 4.99 Å². The molecule has 2 unspecified atom stereocenters. The van der Waals surface area contributed by atoms with Crippen LogP contribution in [-0.2, 0) is 4.74 Å². The largest absolute Gasteiger partial charge is 0.383 e. The third-order valence-corrected chi connectivity index (χ3v) is 3.63. The van der Waals surface area contributed by atoms with Gasteiger partial charge in [-0.05, 0) is 33.3 Å². The molecule has 0 amide bonds. The second kappa shape index (κ2) is 9.53. The molecule has 0 bridgehead atoms. The summed E-state index contributed by atoms with van der Waals surface area (Å²) in [6.07, 6.45) is 0. The second-order valence-electron chi connectivity index (χ2n) is 6.59. The topological polar surface area (TPSA) is 57.7 Å². The number of benzene rings is 1. The van der Waals surface area contributed by atoms with E-state index in [0.29, 0.717) is 6.61 Å². The lowest BCUT2D eigenvalue weighted by Crippen LogP contribution is -2.53. The third-order valence-electron chi connectivity index (χ3n) is 3.63. The Morgan fingerprint density at radius 2 is 1.87 bits per heavy atom. The van der Waals surface area contributed by atoms with Crippen LogP contribution < -0.4 is 16.0 Å². The van der Waals surface area contributed by atoms with Crippen LogP contribution in [0.4, 0.5) is 0 Å². The molecule has 0 saturated carbocycles. The Bertz CT molecular complexity index is 473. The quantitative estimate of drug-likeness (QED) is 0.508. The number of aliphatic imine (C=N–C) groups is 1. The normalized spacial score (nSPS) is 15.1. The van der Waals surface area contributed by atoms with Gasteiger partial charge in [0.25, 0.3) is 0 Å². The molecule has 1 aromatic carbocycles. The summed E-state index contributed by atoms with van der Waals surface area (Å²) in [5.74, 6) is 0.789. The maximum absolute atomic E-state index is 5.14. The van der Waals surface area contributed by atoms with E-state index < -0.39 is 0 Å². The predicted molar refractivity (Wildman–Crippen MR) is 97.9 cm³/mol. The van der Waals surface area contributed by atoms with Gasteiger partial charge in [0.15, 0.2) is 5.96 Å². The number of ether oxygens (including phenoxy) is 1. The molecule has 0 aliphatic rings. The molecule has 5 nitrogen and oxygen atoms in total. The molecule has 5 heteroatoms. The van der Waals surface area contributed by atoms with Gasteiger partial charge < -0.3 is 20.7 Å². The van der Waals surface area contributed by atoms with E-state index in [9.17, 15) is 0 Å². The SMILES string of the molecule is CN=C(NCC(C)(C)NC(C)c1ccccc1)NC(C)COC. The molecule has 1 aromatic rings. The molecule has 0 aliphatic heterocycles. The fourth-order valence-corrected chi connectivity index (χ4v) is 2.49. The average Bonchev–Trinajstić information content (AvgIpc) is 2.52. The van der Waals surface area contributed by atoms with Crippen LogP contribution in [0.25, 0.3) is 0 Å². The van der Waals surface area contributed by atoms with Gasteiger partial charge in [-0.1, -0.05) is 30.3 Å². The van der Waals surface area contributed by atoms with Crippen LogP contribution in [0.5, 0.6) is 0 Å². The zero-order chi connectivity index (χ0) is 17.3. The van der Waals surface area contributed by atoms with Gasteiger partial charge in [0.05, 0.1) is 6.61 Å². The van der Waals surface area contributed by atoms with Gasteiger partial charge in [-0.15, -0.1) is 0 Å². The molecule has 3 N–H and O–H groups in total. The highest BCUT2D eigenvalue weighted by atomic mass is 16.5. The molecule has 0 fully saturated rings. The van der Waals surface area contributed by atoms with Crippen molar-refractivity contribution < 1.29 is 4.74 Å². The number of methoxy groups -OCH3 is 1. The van der Waals surface area contributed by atoms with Crippen molar-refractivity contribution in [3.8, 4) is 0 Å². The lowest BCUT2D eigenvalue weighted by atomic mass is 10.0. The minimum absolute atomic E-state index is 0.0721. The molecular weight excluding hydrogens is 288 g/mol. The van der Waals surface area contributed by atoms with Crippen molar-refractivity contribution in [1.29, 1.82) is 0 Å². The van der Waals surface area contributed by atoms with Crippen molar-refractivity contribution in [1.82, 2.24) is 16.0 Å². The summed E-state index contributed by atoms with van der Waals surface area (Å²) in [5, 5.41) is 10.3. The van der Waals surface area contributed by atoms with Crippen molar-refractivity contribution in [2.24, 2.45) is 4.99 Å². The zero-order valence-electron chi connectivity index (χ0n) is 15.3. The van der Waals surface area contributed by atoms with Gasteiger partial charge >= 0.3 is 0 Å². The molecule has 2 atom stereocenters. The first-order valence-electron chi connectivity index (χ1n) is 8.16. The minimum Gasteiger partial charge on any atom is -0.383 e. The van der Waals surface area contributed by atoms with Crippen molar-refractivity contribution in [3.63, 3.8) is 0 Å². The second-order valence-corrected chi connectivity index (χ2v) is 6.59. The Hall–Kier alpha value is -1.59. The Labute approximate surface area is 140 Å². The van der Waals surface area contributed by atoms with Crippen LogP contribution in [0, 0.1) is 0 Å². The number of guanidine groups is 1. The van der Waals surface area contributed by atoms with Crippen LogP contribution >= 0.6 is 0 Å². The lowest BCUT2D eigenvalue weighted by Gasteiger charge is -2.31. The molecule has 0 aliphatic carbocycles. The number of rotatable bonds is 8. The van der Waals surface area contributed by atoms with Gasteiger partial charge in [-0.2, -0.15) is 0 Å². The predicted octanol–water partition coefficient (Wildman–Crippen LogP) is 2.32. The first kappa shape index (κ1) is 19.5. The van der Waals surface area contributed by atoms with E-state index in [1.165, 1.54) is 5.56 Å². The van der Waals surface area contributed by atoms with Crippen LogP contribution in [0.1, 0.15) is 39.3 Å². The monoisotopic (exact) mass is 320 g/mol. The van der Waals surface area contributed by atoms with E-state index in [1.54, 1.807) is 14.2 Å². The fraction of sp³-hybridized carbons (Fsp3) is 0.611. The molecule has 1 rings (SSSR count). The number of hydrogen-bond acceptors (Lipinski definition) is 3. The maximum Gasteiger partial charge on any atom is 0.191 e. The summed E-state index contributed by atoms with van der Waals surface area (Å²) >= 11 is 0. The van der Waals surface area contributed by atoms with E-state index in [4.69, 9.17) is 4.74 Å². The van der Waals surface area contributed by atoms with Crippen LogP contribution in [0.3, 0.4) is 0 Å². The highest BCUT2D eigenvalue weighted by Gasteiger charge is 2.21. The number of nitrogens with one attached hydrogen (secondary N) is 3. The summed E-state index contributed by atoms with van der Waals surface area (Å²) in [6.45, 7) is 10.0. The smallest absolute Gasteiger partial charge is 0.191 e. The van der Waals surface area contributed by atoms with Crippen molar-refractivity contribution in [2.45, 2.75) is 45.3 Å². The Morgan fingerprint density at radius 3 is 2.43 bits per heavy atom. The van der Waals surface area contributed by atoms with Gasteiger partial charge in [0.1, 0.15) is 0 Å². The van der Waals surface area contributed by atoms with Crippen LogP contribution in [-0.4, -0.2) is 44.8 Å². The first-order chi connectivity index (χ1) is 10.9. The summed E-state index contributed by atoms with van der Waals surface area (Å²) < 4.78 is 5.14. The van der Waals surface area contributed by atoms with E-state index in [-0.39, 0.29) is 17.6 Å². The van der Waals surface area contributed by atoms with Gasteiger partial charge in [0.2, 0.25) is 0 Å². The average molecular weight is 320 g/mol. The van der Waals surface area contributed by atoms with E-state index >= 15 is 0 Å². The number of nitrogens with zero attached hydrogens (tertiary/aromatic N) is 1. The molecule has 23 heavy (non-hydrogen) atoms. The Balaban J connectivity index is 2.50. The van der Waals surface area contributed by atoms with Crippen LogP contribution in [0.15, 0.2) is 35.3 Å². The molecule has 0 radical (unpaired) electrons. The molecule has 0 heterocycles. The molecular formula is C18H32N4O. The van der Waals surface area contributed by atoms with E-state index in [0.717, 1.165) is 12.5 Å². The van der Waals surface area contributed by atoms with Crippen molar-refractivity contribution in [2.75, 3.05) is 27.3 Å². The standard InChI is InChI=1S/C18H32N4O/c1-14(12-23-6)21-17(19-5)20-13-18(3,4)22-15(2)16-10-8-7-9-11-16/h7-11,14-15,22H,12-13H2,1-6H3,(H2,19,20,21). The zero-order valence-corrected chi connectivity index (χ0v) is 15.3. The minimum atomic E-state index is -0.0721. The highest BCUT2D eigenvalue weighted by Crippen LogP contribution is 2.15.